The smallest absolute Gasteiger partial charge is 0.146 e. The summed E-state index contributed by atoms with van der Waals surface area (Å²) in [6.07, 6.45) is 5.94. The van der Waals surface area contributed by atoms with Gasteiger partial charge in [-0.2, -0.15) is 0 Å². The molecule has 0 aliphatic heterocycles. The molecule has 0 saturated heterocycles. The van der Waals surface area contributed by atoms with Crippen LogP contribution >= 0.6 is 15.9 Å². The maximum absolute atomic E-state index is 13.5. The summed E-state index contributed by atoms with van der Waals surface area (Å²) in [6.45, 7) is 0. The second-order valence-electron chi connectivity index (χ2n) is 3.31. The van der Waals surface area contributed by atoms with Gasteiger partial charge in [-0.15, -0.1) is 0 Å². The quantitative estimate of drug-likeness (QED) is 0.920. The summed E-state index contributed by atoms with van der Waals surface area (Å²) in [6, 6.07) is 2.85. The van der Waals surface area contributed by atoms with Gasteiger partial charge >= 0.3 is 0 Å². The van der Waals surface area contributed by atoms with Crippen LogP contribution in [0.5, 0.6) is 0 Å². The molecule has 2 aromatic heterocycles. The Morgan fingerprint density at radius 3 is 2.75 bits per heavy atom. The van der Waals surface area contributed by atoms with Gasteiger partial charge in [0.25, 0.3) is 0 Å². The molecule has 2 rings (SSSR count). The molecule has 2 heterocycles. The summed E-state index contributed by atoms with van der Waals surface area (Å²) >= 11 is 3.30. The average Bonchev–Trinajstić information content (AvgIpc) is 2.29. The summed E-state index contributed by atoms with van der Waals surface area (Å²) in [5, 5.41) is 0. The van der Waals surface area contributed by atoms with Gasteiger partial charge in [0.1, 0.15) is 5.82 Å². The van der Waals surface area contributed by atoms with Crippen LogP contribution in [-0.4, -0.2) is 9.97 Å². The van der Waals surface area contributed by atoms with Crippen LogP contribution in [0.15, 0.2) is 41.4 Å². The van der Waals surface area contributed by atoms with Crippen molar-refractivity contribution in [1.29, 1.82) is 0 Å². The lowest BCUT2D eigenvalue weighted by Gasteiger charge is -2.12. The molecule has 0 aromatic carbocycles. The van der Waals surface area contributed by atoms with E-state index in [0.717, 1.165) is 16.2 Å². The molecule has 3 nitrogen and oxygen atoms in total. The molecule has 82 valence electrons. The fourth-order valence-electron chi connectivity index (χ4n) is 1.42. The summed E-state index contributed by atoms with van der Waals surface area (Å²) in [4.78, 5) is 7.68. The lowest BCUT2D eigenvalue weighted by atomic mass is 10.0. The van der Waals surface area contributed by atoms with Gasteiger partial charge in [0.05, 0.1) is 12.2 Å². The molecule has 0 fully saturated rings. The minimum Gasteiger partial charge on any atom is -0.320 e. The number of halogens is 2. The van der Waals surface area contributed by atoms with Crippen LogP contribution < -0.4 is 5.73 Å². The number of nitrogens with two attached hydrogens (primary N) is 1. The maximum atomic E-state index is 13.5. The third-order valence-electron chi connectivity index (χ3n) is 2.22. The lowest BCUT2D eigenvalue weighted by molar-refractivity contribution is 0.593. The molecule has 2 N–H and O–H groups in total. The molecule has 0 saturated carbocycles. The van der Waals surface area contributed by atoms with Gasteiger partial charge in [-0.3, -0.25) is 9.97 Å². The van der Waals surface area contributed by atoms with Crippen molar-refractivity contribution in [2.75, 3.05) is 0 Å². The number of nitrogens with zero attached hydrogens (tertiary/aromatic N) is 2. The normalized spacial score (nSPS) is 12.4. The number of aromatic nitrogens is 2. The van der Waals surface area contributed by atoms with Gasteiger partial charge in [-0.25, -0.2) is 4.39 Å². The second-order valence-corrected chi connectivity index (χ2v) is 4.23. The fourth-order valence-corrected chi connectivity index (χ4v) is 1.80. The Labute approximate surface area is 101 Å². The summed E-state index contributed by atoms with van der Waals surface area (Å²) in [5.41, 5.74) is 7.12. The minimum absolute atomic E-state index is 0.407. The second kappa shape index (κ2) is 4.67. The van der Waals surface area contributed by atoms with Crippen molar-refractivity contribution in [1.82, 2.24) is 9.97 Å². The molecule has 0 aliphatic carbocycles. The molecule has 0 spiro atoms. The van der Waals surface area contributed by atoms with E-state index in [1.807, 2.05) is 6.07 Å². The zero-order valence-electron chi connectivity index (χ0n) is 8.27. The Kier molecular flexibility index (Phi) is 3.26. The van der Waals surface area contributed by atoms with Crippen LogP contribution in [0.25, 0.3) is 0 Å². The van der Waals surface area contributed by atoms with E-state index in [4.69, 9.17) is 5.73 Å². The molecule has 0 radical (unpaired) electrons. The van der Waals surface area contributed by atoms with Crippen LogP contribution in [0.2, 0.25) is 0 Å². The molecule has 1 unspecified atom stereocenters. The monoisotopic (exact) mass is 281 g/mol. The molecular weight excluding hydrogens is 273 g/mol. The largest absolute Gasteiger partial charge is 0.320 e. The van der Waals surface area contributed by atoms with Crippen LogP contribution in [0.1, 0.15) is 17.2 Å². The SMILES string of the molecule is NC(c1cncc(Br)c1)c1ccncc1F. The zero-order chi connectivity index (χ0) is 11.5. The summed E-state index contributed by atoms with van der Waals surface area (Å²) in [5.74, 6) is -0.407. The first-order valence-corrected chi connectivity index (χ1v) is 5.43. The summed E-state index contributed by atoms with van der Waals surface area (Å²) in [7, 11) is 0. The van der Waals surface area contributed by atoms with E-state index in [2.05, 4.69) is 25.9 Å². The maximum Gasteiger partial charge on any atom is 0.146 e. The number of pyridine rings is 2. The van der Waals surface area contributed by atoms with E-state index in [9.17, 15) is 4.39 Å². The van der Waals surface area contributed by atoms with Gasteiger partial charge in [0.2, 0.25) is 0 Å². The highest BCUT2D eigenvalue weighted by atomic mass is 79.9. The Hall–Kier alpha value is -1.33. The zero-order valence-corrected chi connectivity index (χ0v) is 9.86. The van der Waals surface area contributed by atoms with Gasteiger partial charge in [-0.1, -0.05) is 0 Å². The van der Waals surface area contributed by atoms with Crippen molar-refractivity contribution < 1.29 is 4.39 Å². The Balaban J connectivity index is 2.39. The van der Waals surface area contributed by atoms with Crippen molar-refractivity contribution >= 4 is 15.9 Å². The van der Waals surface area contributed by atoms with Crippen molar-refractivity contribution in [3.63, 3.8) is 0 Å². The molecule has 0 bridgehead atoms. The van der Waals surface area contributed by atoms with Gasteiger partial charge in [0, 0.05) is 28.6 Å². The number of hydrogen-bond donors (Lipinski definition) is 1. The average molecular weight is 282 g/mol. The Morgan fingerprint density at radius 1 is 1.25 bits per heavy atom. The topological polar surface area (TPSA) is 51.8 Å². The van der Waals surface area contributed by atoms with Crippen molar-refractivity contribution in [3.8, 4) is 0 Å². The molecule has 2 aromatic rings. The van der Waals surface area contributed by atoms with Gasteiger partial charge in [-0.05, 0) is 33.6 Å². The van der Waals surface area contributed by atoms with E-state index in [0.29, 0.717) is 5.56 Å². The van der Waals surface area contributed by atoms with Crippen molar-refractivity contribution in [2.45, 2.75) is 6.04 Å². The van der Waals surface area contributed by atoms with Crippen LogP contribution in [0, 0.1) is 5.82 Å². The highest BCUT2D eigenvalue weighted by molar-refractivity contribution is 9.10. The van der Waals surface area contributed by atoms with Crippen LogP contribution in [0.4, 0.5) is 4.39 Å². The molecule has 0 amide bonds. The van der Waals surface area contributed by atoms with Crippen LogP contribution in [0.3, 0.4) is 0 Å². The minimum atomic E-state index is -0.534. The predicted octanol–water partition coefficient (Wildman–Crippen LogP) is 2.43. The predicted molar refractivity (Wildman–Crippen MR) is 62.2 cm³/mol. The fraction of sp³-hybridized carbons (Fsp3) is 0.0909. The lowest BCUT2D eigenvalue weighted by Crippen LogP contribution is -2.14. The molecule has 1 atom stereocenters. The van der Waals surface area contributed by atoms with E-state index in [-0.39, 0.29) is 0 Å². The number of hydrogen-bond acceptors (Lipinski definition) is 3. The summed E-state index contributed by atoms with van der Waals surface area (Å²) < 4.78 is 14.3. The molecule has 16 heavy (non-hydrogen) atoms. The highest BCUT2D eigenvalue weighted by Gasteiger charge is 2.13. The van der Waals surface area contributed by atoms with Crippen molar-refractivity contribution in [2.24, 2.45) is 5.73 Å². The Morgan fingerprint density at radius 2 is 2.06 bits per heavy atom. The standard InChI is InChI=1S/C11H9BrFN3/c12-8-3-7(4-16-5-8)11(14)9-1-2-15-6-10(9)13/h1-6,11H,14H2. The van der Waals surface area contributed by atoms with E-state index < -0.39 is 11.9 Å². The first-order chi connectivity index (χ1) is 7.68. The Bertz CT molecular complexity index is 504. The van der Waals surface area contributed by atoms with Gasteiger partial charge < -0.3 is 5.73 Å². The third kappa shape index (κ3) is 2.25. The van der Waals surface area contributed by atoms with Crippen LogP contribution in [-0.2, 0) is 0 Å². The highest BCUT2D eigenvalue weighted by Crippen LogP contribution is 2.22. The molecule has 5 heteroatoms. The van der Waals surface area contributed by atoms with E-state index >= 15 is 0 Å². The first-order valence-electron chi connectivity index (χ1n) is 4.64. The third-order valence-corrected chi connectivity index (χ3v) is 2.66. The van der Waals surface area contributed by atoms with Gasteiger partial charge in [0.15, 0.2) is 0 Å². The van der Waals surface area contributed by atoms with E-state index in [1.54, 1.807) is 18.5 Å². The molecule has 0 aliphatic rings. The molecular formula is C11H9BrFN3. The van der Waals surface area contributed by atoms with E-state index in [1.165, 1.54) is 6.20 Å². The first kappa shape index (κ1) is 11.2. The van der Waals surface area contributed by atoms with Crippen molar-refractivity contribution in [3.05, 3.63) is 58.3 Å². The number of rotatable bonds is 2.